The zero-order valence-electron chi connectivity index (χ0n) is 16.3. The van der Waals surface area contributed by atoms with E-state index in [4.69, 9.17) is 4.84 Å². The van der Waals surface area contributed by atoms with E-state index < -0.39 is 0 Å². The van der Waals surface area contributed by atoms with Gasteiger partial charge >= 0.3 is 0 Å². The molecule has 2 rings (SSSR count). The van der Waals surface area contributed by atoms with E-state index in [1.54, 1.807) is 18.4 Å². The number of nitrogens with zero attached hydrogens (tertiary/aromatic N) is 1. The average Bonchev–Trinajstić information content (AvgIpc) is 2.97. The second-order valence-electron chi connectivity index (χ2n) is 8.04. The summed E-state index contributed by atoms with van der Waals surface area (Å²) in [5.74, 6) is 0.703. The minimum atomic E-state index is 0.360. The zero-order chi connectivity index (χ0) is 18.3. The van der Waals surface area contributed by atoms with E-state index >= 15 is 0 Å². The smallest absolute Gasteiger partial charge is 0.0801 e. The molecule has 25 heavy (non-hydrogen) atoms. The van der Waals surface area contributed by atoms with Gasteiger partial charge in [-0.2, -0.15) is 0 Å². The largest absolute Gasteiger partial charge is 0.305 e. The number of rotatable bonds is 9. The molecule has 138 valence electrons. The average molecular weight is 361 g/mol. The van der Waals surface area contributed by atoms with Gasteiger partial charge in [0.15, 0.2) is 0 Å². The third kappa shape index (κ3) is 6.89. The lowest BCUT2D eigenvalue weighted by molar-refractivity contribution is 0.0889. The van der Waals surface area contributed by atoms with Gasteiger partial charge in [-0.25, -0.2) is 10.5 Å². The molecule has 1 aromatic carbocycles. The molecule has 1 unspecified atom stereocenters. The van der Waals surface area contributed by atoms with Crippen molar-refractivity contribution in [3.05, 3.63) is 41.0 Å². The molecule has 0 spiro atoms. The number of nitrogens with one attached hydrogen (secondary N) is 1. The fourth-order valence-electron chi connectivity index (χ4n) is 3.41. The molecule has 1 N–H and O–H groups in total. The lowest BCUT2D eigenvalue weighted by atomic mass is 9.80. The lowest BCUT2D eigenvalue weighted by Gasteiger charge is -2.26. The summed E-state index contributed by atoms with van der Waals surface area (Å²) in [6.45, 7) is 10.0. The van der Waals surface area contributed by atoms with Crippen molar-refractivity contribution in [1.82, 2.24) is 10.5 Å². The molecule has 1 atom stereocenters. The van der Waals surface area contributed by atoms with Crippen LogP contribution >= 0.6 is 11.3 Å². The summed E-state index contributed by atoms with van der Waals surface area (Å²) < 4.78 is 0. The Morgan fingerprint density at radius 3 is 2.48 bits per heavy atom. The summed E-state index contributed by atoms with van der Waals surface area (Å²) in [6, 6.07) is 9.07. The fourth-order valence-corrected chi connectivity index (χ4v) is 4.22. The Morgan fingerprint density at radius 1 is 1.20 bits per heavy atom. The number of aryl methyl sites for hydroxylation is 1. The van der Waals surface area contributed by atoms with Crippen LogP contribution in [0.3, 0.4) is 0 Å². The van der Waals surface area contributed by atoms with E-state index in [1.165, 1.54) is 28.8 Å². The summed E-state index contributed by atoms with van der Waals surface area (Å²) in [6.07, 6.45) is 4.76. The minimum Gasteiger partial charge on any atom is -0.305 e. The number of benzene rings is 1. The van der Waals surface area contributed by atoms with Crippen molar-refractivity contribution in [2.75, 3.05) is 13.7 Å². The summed E-state index contributed by atoms with van der Waals surface area (Å²) in [5, 5.41) is 0. The second-order valence-corrected chi connectivity index (χ2v) is 8.89. The van der Waals surface area contributed by atoms with Crippen LogP contribution in [0.4, 0.5) is 0 Å². The van der Waals surface area contributed by atoms with Gasteiger partial charge in [-0.05, 0) is 55.1 Å². The van der Waals surface area contributed by atoms with Gasteiger partial charge in [0.25, 0.3) is 0 Å². The molecule has 1 aromatic heterocycles. The molecule has 0 amide bonds. The van der Waals surface area contributed by atoms with Gasteiger partial charge in [0.1, 0.15) is 0 Å². The first-order chi connectivity index (χ1) is 11.9. The predicted octanol–water partition coefficient (Wildman–Crippen LogP) is 5.64. The number of hydrogen-bond donors (Lipinski definition) is 1. The Kier molecular flexibility index (Phi) is 7.60. The molecule has 3 nitrogen and oxygen atoms in total. The predicted molar refractivity (Wildman–Crippen MR) is 108 cm³/mol. The van der Waals surface area contributed by atoms with Gasteiger partial charge < -0.3 is 4.84 Å². The van der Waals surface area contributed by atoms with Gasteiger partial charge in [0.2, 0.25) is 0 Å². The Balaban J connectivity index is 2.00. The Labute approximate surface area is 156 Å². The second kappa shape index (κ2) is 9.46. The Hall–Kier alpha value is -1.23. The van der Waals surface area contributed by atoms with E-state index in [0.717, 1.165) is 25.1 Å². The van der Waals surface area contributed by atoms with Crippen molar-refractivity contribution in [2.24, 2.45) is 11.3 Å². The van der Waals surface area contributed by atoms with Crippen LogP contribution in [0.25, 0.3) is 10.4 Å². The molecule has 0 aliphatic rings. The first-order valence-electron chi connectivity index (χ1n) is 9.14. The zero-order valence-corrected chi connectivity index (χ0v) is 17.1. The molecule has 0 fully saturated rings. The molecule has 2 aromatic rings. The topological polar surface area (TPSA) is 34.1 Å². The van der Waals surface area contributed by atoms with E-state index in [2.05, 4.69) is 62.4 Å². The fraction of sp³-hybridized carbons (Fsp3) is 0.571. The van der Waals surface area contributed by atoms with Crippen molar-refractivity contribution >= 4 is 11.3 Å². The maximum absolute atomic E-state index is 4.95. The minimum absolute atomic E-state index is 0.360. The van der Waals surface area contributed by atoms with E-state index in [9.17, 15) is 0 Å². The maximum Gasteiger partial charge on any atom is 0.0801 e. The van der Waals surface area contributed by atoms with Gasteiger partial charge in [0.05, 0.1) is 23.2 Å². The van der Waals surface area contributed by atoms with E-state index in [1.807, 2.05) is 5.51 Å². The standard InChI is InChI=1S/C21H32N2OS/c1-16-20(25-15-22-16)19-10-8-17(9-11-19)13-18(14-21(2,3)4)7-6-12-23-24-5/h8-11,15,18,23H,6-7,12-14H2,1-5H3. The number of hydroxylamine groups is 1. The molecule has 0 saturated heterocycles. The first kappa shape index (κ1) is 20.1. The van der Waals surface area contributed by atoms with Crippen molar-refractivity contribution in [3.63, 3.8) is 0 Å². The van der Waals surface area contributed by atoms with Crippen LogP contribution in [0.5, 0.6) is 0 Å². The van der Waals surface area contributed by atoms with Gasteiger partial charge in [-0.3, -0.25) is 0 Å². The third-order valence-corrected chi connectivity index (χ3v) is 5.40. The molecule has 0 saturated carbocycles. The normalized spacial score (nSPS) is 13.2. The molecular weight excluding hydrogens is 328 g/mol. The van der Waals surface area contributed by atoms with Crippen LogP contribution < -0.4 is 5.48 Å². The Bertz CT molecular complexity index is 628. The van der Waals surface area contributed by atoms with Crippen LogP contribution in [0.1, 0.15) is 51.3 Å². The van der Waals surface area contributed by atoms with Crippen molar-refractivity contribution in [3.8, 4) is 10.4 Å². The van der Waals surface area contributed by atoms with Crippen LogP contribution in [-0.4, -0.2) is 18.6 Å². The van der Waals surface area contributed by atoms with Gasteiger partial charge in [0, 0.05) is 6.54 Å². The van der Waals surface area contributed by atoms with Crippen molar-refractivity contribution in [2.45, 2.75) is 53.4 Å². The summed E-state index contributed by atoms with van der Waals surface area (Å²) in [5.41, 5.74) is 9.06. The van der Waals surface area contributed by atoms with Crippen LogP contribution in [0.15, 0.2) is 29.8 Å². The van der Waals surface area contributed by atoms with Crippen LogP contribution in [0, 0.1) is 18.3 Å². The quantitative estimate of drug-likeness (QED) is 0.464. The van der Waals surface area contributed by atoms with Crippen LogP contribution in [0.2, 0.25) is 0 Å². The Morgan fingerprint density at radius 2 is 1.92 bits per heavy atom. The number of aromatic nitrogens is 1. The maximum atomic E-state index is 4.95. The number of hydrogen-bond acceptors (Lipinski definition) is 4. The highest BCUT2D eigenvalue weighted by Gasteiger charge is 2.19. The SMILES string of the molecule is CONCCCC(Cc1ccc(-c2scnc2C)cc1)CC(C)(C)C. The first-order valence-corrected chi connectivity index (χ1v) is 10.0. The molecule has 0 bridgehead atoms. The van der Waals surface area contributed by atoms with E-state index in [0.29, 0.717) is 11.3 Å². The highest BCUT2D eigenvalue weighted by molar-refractivity contribution is 7.13. The third-order valence-electron chi connectivity index (χ3n) is 4.42. The molecule has 0 aliphatic heterocycles. The highest BCUT2D eigenvalue weighted by atomic mass is 32.1. The van der Waals surface area contributed by atoms with Crippen LogP contribution in [-0.2, 0) is 11.3 Å². The summed E-state index contributed by atoms with van der Waals surface area (Å²) >= 11 is 1.72. The monoisotopic (exact) mass is 360 g/mol. The van der Waals surface area contributed by atoms with E-state index in [-0.39, 0.29) is 0 Å². The summed E-state index contributed by atoms with van der Waals surface area (Å²) in [4.78, 5) is 10.6. The van der Waals surface area contributed by atoms with Crippen molar-refractivity contribution < 1.29 is 4.84 Å². The van der Waals surface area contributed by atoms with Gasteiger partial charge in [-0.1, -0.05) is 45.0 Å². The number of thiazole rings is 1. The summed E-state index contributed by atoms with van der Waals surface area (Å²) in [7, 11) is 1.68. The van der Waals surface area contributed by atoms with Gasteiger partial charge in [-0.15, -0.1) is 11.3 Å². The highest BCUT2D eigenvalue weighted by Crippen LogP contribution is 2.31. The lowest BCUT2D eigenvalue weighted by Crippen LogP contribution is -2.18. The molecule has 1 heterocycles. The molecule has 0 aliphatic carbocycles. The molecule has 0 radical (unpaired) electrons. The van der Waals surface area contributed by atoms with Crippen molar-refractivity contribution in [1.29, 1.82) is 0 Å². The molecule has 4 heteroatoms. The molecular formula is C21H32N2OS.